The Morgan fingerprint density at radius 1 is 1.60 bits per heavy atom. The first-order chi connectivity index (χ1) is 7.20. The van der Waals surface area contributed by atoms with Crippen molar-refractivity contribution in [3.8, 4) is 0 Å². The second-order valence-corrected chi connectivity index (χ2v) is 2.91. The van der Waals surface area contributed by atoms with E-state index in [0.29, 0.717) is 17.9 Å². The number of nitrogens with zero attached hydrogens (tertiary/aromatic N) is 1. The second kappa shape index (κ2) is 5.46. The molecule has 82 valence electrons. The first-order valence-electron chi connectivity index (χ1n) is 4.65. The van der Waals surface area contributed by atoms with Gasteiger partial charge in [0.1, 0.15) is 11.5 Å². The van der Waals surface area contributed by atoms with Crippen molar-refractivity contribution in [2.75, 3.05) is 13.7 Å². The maximum atomic E-state index is 13.7. The molecule has 0 atom stereocenters. The summed E-state index contributed by atoms with van der Waals surface area (Å²) in [5.74, 6) is -0.118. The molecule has 0 fully saturated rings. The third-order valence-corrected chi connectivity index (χ3v) is 1.86. The van der Waals surface area contributed by atoms with E-state index in [9.17, 15) is 4.39 Å². The Morgan fingerprint density at radius 3 is 2.93 bits per heavy atom. The molecule has 0 amide bonds. The first kappa shape index (κ1) is 11.7. The van der Waals surface area contributed by atoms with E-state index < -0.39 is 5.82 Å². The van der Waals surface area contributed by atoms with E-state index in [1.807, 2.05) is 6.92 Å². The molecule has 15 heavy (non-hydrogen) atoms. The van der Waals surface area contributed by atoms with Crippen molar-refractivity contribution in [3.05, 3.63) is 35.9 Å². The topological polar surface area (TPSA) is 31.4 Å². The van der Waals surface area contributed by atoms with Gasteiger partial charge in [0.25, 0.3) is 0 Å². The van der Waals surface area contributed by atoms with Crippen LogP contribution in [-0.2, 0) is 16.1 Å². The molecule has 0 aliphatic carbocycles. The van der Waals surface area contributed by atoms with Gasteiger partial charge in [-0.1, -0.05) is 6.58 Å². The van der Waals surface area contributed by atoms with Crippen LogP contribution in [0.25, 0.3) is 5.76 Å². The quantitative estimate of drug-likeness (QED) is 0.701. The van der Waals surface area contributed by atoms with Gasteiger partial charge in [-0.15, -0.1) is 0 Å². The lowest BCUT2D eigenvalue weighted by atomic mass is 10.2. The first-order valence-corrected chi connectivity index (χ1v) is 4.65. The van der Waals surface area contributed by atoms with E-state index in [1.54, 1.807) is 0 Å². The molecular weight excluding hydrogens is 197 g/mol. The Labute approximate surface area is 88.5 Å². The van der Waals surface area contributed by atoms with Gasteiger partial charge in [-0.2, -0.15) is 0 Å². The maximum absolute atomic E-state index is 13.7. The normalized spacial score (nSPS) is 10.1. The van der Waals surface area contributed by atoms with E-state index in [2.05, 4.69) is 11.6 Å². The predicted molar refractivity (Wildman–Crippen MR) is 55.6 cm³/mol. The van der Waals surface area contributed by atoms with Gasteiger partial charge < -0.3 is 9.47 Å². The molecule has 0 saturated carbocycles. The fourth-order valence-electron chi connectivity index (χ4n) is 1.19. The molecule has 3 nitrogen and oxygen atoms in total. The minimum atomic E-state index is -0.433. The number of halogens is 1. The molecule has 0 radical (unpaired) electrons. The summed E-state index contributed by atoms with van der Waals surface area (Å²) in [4.78, 5) is 3.87. The van der Waals surface area contributed by atoms with Crippen LogP contribution in [0.3, 0.4) is 0 Å². The zero-order valence-corrected chi connectivity index (χ0v) is 8.92. The highest BCUT2D eigenvalue weighted by atomic mass is 19.1. The number of hydrogen-bond donors (Lipinski definition) is 0. The Hall–Kier alpha value is -1.42. The monoisotopic (exact) mass is 211 g/mol. The van der Waals surface area contributed by atoms with Crippen molar-refractivity contribution in [1.29, 1.82) is 0 Å². The van der Waals surface area contributed by atoms with Crippen LogP contribution in [-0.4, -0.2) is 18.7 Å². The standard InChI is InChI=1S/C11H14FNO2/c1-4-15-8(2)9-5-6-13-10(7-14-3)11(9)12/h5-6H,2,4,7H2,1,3H3. The Kier molecular flexibility index (Phi) is 4.24. The van der Waals surface area contributed by atoms with Gasteiger partial charge >= 0.3 is 0 Å². The average Bonchev–Trinajstić information content (AvgIpc) is 2.22. The maximum Gasteiger partial charge on any atom is 0.158 e. The van der Waals surface area contributed by atoms with Crippen LogP contribution in [0, 0.1) is 5.82 Å². The lowest BCUT2D eigenvalue weighted by Crippen LogP contribution is -2.02. The third kappa shape index (κ3) is 2.76. The molecule has 1 aromatic heterocycles. The minimum Gasteiger partial charge on any atom is -0.494 e. The number of rotatable bonds is 5. The number of ether oxygens (including phenoxy) is 2. The van der Waals surface area contributed by atoms with Crippen LogP contribution >= 0.6 is 0 Å². The van der Waals surface area contributed by atoms with Crippen molar-refractivity contribution in [2.45, 2.75) is 13.5 Å². The molecule has 1 rings (SSSR count). The van der Waals surface area contributed by atoms with Crippen LogP contribution < -0.4 is 0 Å². The lowest BCUT2D eigenvalue weighted by Gasteiger charge is -2.09. The molecule has 0 aromatic carbocycles. The van der Waals surface area contributed by atoms with Crippen LogP contribution in [0.15, 0.2) is 18.8 Å². The second-order valence-electron chi connectivity index (χ2n) is 2.91. The molecule has 0 aliphatic heterocycles. The number of pyridine rings is 1. The average molecular weight is 211 g/mol. The molecular formula is C11H14FNO2. The highest BCUT2D eigenvalue weighted by molar-refractivity contribution is 5.58. The molecule has 1 heterocycles. The van der Waals surface area contributed by atoms with Crippen molar-refractivity contribution in [1.82, 2.24) is 4.98 Å². The molecule has 0 spiro atoms. The van der Waals surface area contributed by atoms with Crippen molar-refractivity contribution in [2.24, 2.45) is 0 Å². The van der Waals surface area contributed by atoms with Crippen LogP contribution in [0.2, 0.25) is 0 Å². The molecule has 0 saturated heterocycles. The predicted octanol–water partition coefficient (Wildman–Crippen LogP) is 2.37. The van der Waals surface area contributed by atoms with Crippen LogP contribution in [0.5, 0.6) is 0 Å². The van der Waals surface area contributed by atoms with Crippen molar-refractivity contribution >= 4 is 5.76 Å². The summed E-state index contributed by atoms with van der Waals surface area (Å²) in [5, 5.41) is 0. The molecule has 0 unspecified atom stereocenters. The SMILES string of the molecule is C=C(OCC)c1ccnc(COC)c1F. The minimum absolute atomic E-state index is 0.138. The van der Waals surface area contributed by atoms with Gasteiger partial charge in [-0.3, -0.25) is 4.98 Å². The van der Waals surface area contributed by atoms with Gasteiger partial charge in [-0.05, 0) is 13.0 Å². The summed E-state index contributed by atoms with van der Waals surface area (Å²) in [6.07, 6.45) is 1.51. The summed E-state index contributed by atoms with van der Waals surface area (Å²) in [6, 6.07) is 1.53. The van der Waals surface area contributed by atoms with E-state index in [4.69, 9.17) is 9.47 Å². The Morgan fingerprint density at radius 2 is 2.33 bits per heavy atom. The third-order valence-electron chi connectivity index (χ3n) is 1.86. The molecule has 4 heteroatoms. The Bertz CT molecular complexity index is 352. The largest absolute Gasteiger partial charge is 0.494 e. The zero-order valence-electron chi connectivity index (χ0n) is 8.92. The summed E-state index contributed by atoms with van der Waals surface area (Å²) >= 11 is 0. The van der Waals surface area contributed by atoms with Gasteiger partial charge in [-0.25, -0.2) is 4.39 Å². The Balaban J connectivity index is 2.98. The molecule has 0 N–H and O–H groups in total. The fourth-order valence-corrected chi connectivity index (χ4v) is 1.19. The van der Waals surface area contributed by atoms with Gasteiger partial charge in [0.05, 0.1) is 18.8 Å². The number of aromatic nitrogens is 1. The number of methoxy groups -OCH3 is 1. The van der Waals surface area contributed by atoms with Gasteiger partial charge in [0.15, 0.2) is 5.82 Å². The summed E-state index contributed by atoms with van der Waals surface area (Å²) in [6.45, 7) is 6.06. The van der Waals surface area contributed by atoms with Crippen LogP contribution in [0.4, 0.5) is 4.39 Å². The lowest BCUT2D eigenvalue weighted by molar-refractivity contribution is 0.177. The van der Waals surface area contributed by atoms with Crippen molar-refractivity contribution < 1.29 is 13.9 Å². The fraction of sp³-hybridized carbons (Fsp3) is 0.364. The smallest absolute Gasteiger partial charge is 0.158 e. The van der Waals surface area contributed by atoms with Gasteiger partial charge in [0.2, 0.25) is 0 Å². The van der Waals surface area contributed by atoms with Gasteiger partial charge in [0, 0.05) is 13.3 Å². The van der Waals surface area contributed by atoms with Crippen LogP contribution in [0.1, 0.15) is 18.2 Å². The van der Waals surface area contributed by atoms with E-state index >= 15 is 0 Å². The van der Waals surface area contributed by atoms with E-state index in [1.165, 1.54) is 19.4 Å². The van der Waals surface area contributed by atoms with E-state index in [0.717, 1.165) is 0 Å². The summed E-state index contributed by atoms with van der Waals surface area (Å²) < 4.78 is 23.7. The highest BCUT2D eigenvalue weighted by Crippen LogP contribution is 2.19. The highest BCUT2D eigenvalue weighted by Gasteiger charge is 2.12. The molecule has 1 aromatic rings. The number of hydrogen-bond acceptors (Lipinski definition) is 3. The van der Waals surface area contributed by atoms with E-state index in [-0.39, 0.29) is 12.3 Å². The molecule has 0 bridgehead atoms. The zero-order chi connectivity index (χ0) is 11.3. The summed E-state index contributed by atoms with van der Waals surface area (Å²) in [5.41, 5.74) is 0.592. The van der Waals surface area contributed by atoms with Crippen molar-refractivity contribution in [3.63, 3.8) is 0 Å². The molecule has 0 aliphatic rings. The summed E-state index contributed by atoms with van der Waals surface area (Å²) in [7, 11) is 1.49.